The molecule has 2 aromatic rings. The minimum Gasteiger partial charge on any atom is -0.444 e. The maximum absolute atomic E-state index is 12.4. The molecule has 0 aliphatic carbocycles. The number of ether oxygens (including phenoxy) is 1. The predicted octanol–water partition coefficient (Wildman–Crippen LogP) is 3.20. The number of hydrogen-bond donors (Lipinski definition) is 1. The van der Waals surface area contributed by atoms with Crippen molar-refractivity contribution < 1.29 is 18.5 Å². The topological polar surface area (TPSA) is 79.0 Å². The fraction of sp³-hybridized carbons (Fsp3) is 0.364. The first-order valence-corrected chi connectivity index (χ1v) is 11.0. The van der Waals surface area contributed by atoms with Crippen LogP contribution in [0.3, 0.4) is 0 Å². The van der Waals surface area contributed by atoms with Crippen molar-refractivity contribution in [3.05, 3.63) is 60.2 Å². The third kappa shape index (κ3) is 5.82. The number of anilines is 1. The minimum absolute atomic E-state index is 0.291. The van der Waals surface area contributed by atoms with Crippen molar-refractivity contribution in [2.45, 2.75) is 31.3 Å². The predicted molar refractivity (Wildman–Crippen MR) is 117 cm³/mol. The zero-order chi connectivity index (χ0) is 21.7. The second kappa shape index (κ2) is 9.30. The van der Waals surface area contributed by atoms with Crippen LogP contribution in [0.2, 0.25) is 0 Å². The Hall–Kier alpha value is -2.87. The van der Waals surface area contributed by atoms with Crippen LogP contribution in [-0.2, 0) is 15.7 Å². The lowest BCUT2D eigenvalue weighted by atomic mass is 10.1. The molecule has 1 aliphatic rings. The summed E-state index contributed by atoms with van der Waals surface area (Å²) in [7, 11) is -1.60. The van der Waals surface area contributed by atoms with E-state index in [4.69, 9.17) is 4.74 Å². The van der Waals surface area contributed by atoms with Crippen LogP contribution in [0, 0.1) is 0 Å². The lowest BCUT2D eigenvalue weighted by Crippen LogP contribution is -2.50. The molecule has 0 bridgehead atoms. The normalized spacial score (nSPS) is 15.4. The molecule has 160 valence electrons. The van der Waals surface area contributed by atoms with Crippen molar-refractivity contribution in [1.29, 1.82) is 0 Å². The molecule has 0 saturated carbocycles. The van der Waals surface area contributed by atoms with Gasteiger partial charge in [0.15, 0.2) is 11.0 Å². The van der Waals surface area contributed by atoms with Gasteiger partial charge >= 0.3 is 6.09 Å². The smallest absolute Gasteiger partial charge is 0.410 e. The molecule has 2 aromatic carbocycles. The Balaban J connectivity index is 1.54. The standard InChI is InChI=1S/C22H27N3O4S/c1-22(2,3)29-21(27)25-15-13-24(14-16-25)18-11-9-17(10-12-18)20(26)23-30(28)19-7-5-4-6-8-19/h4-12H,13-16H2,1-3H3,(H,23,26). The van der Waals surface area contributed by atoms with Crippen molar-refractivity contribution in [2.24, 2.45) is 0 Å². The van der Waals surface area contributed by atoms with E-state index in [1.165, 1.54) is 0 Å². The summed E-state index contributed by atoms with van der Waals surface area (Å²) in [6.07, 6.45) is -0.291. The third-order valence-corrected chi connectivity index (χ3v) is 5.64. The van der Waals surface area contributed by atoms with Gasteiger partial charge in [0, 0.05) is 37.4 Å². The van der Waals surface area contributed by atoms with Gasteiger partial charge in [-0.05, 0) is 57.2 Å². The highest BCUT2D eigenvalue weighted by molar-refractivity contribution is 7.83. The molecule has 0 radical (unpaired) electrons. The molecule has 1 saturated heterocycles. The van der Waals surface area contributed by atoms with Gasteiger partial charge in [0.25, 0.3) is 5.91 Å². The Morgan fingerprint density at radius 1 is 0.933 bits per heavy atom. The van der Waals surface area contributed by atoms with E-state index in [1.54, 1.807) is 41.3 Å². The van der Waals surface area contributed by atoms with Crippen LogP contribution in [-0.4, -0.2) is 52.9 Å². The number of carbonyl (C=O) groups is 2. The first-order valence-electron chi connectivity index (χ1n) is 9.84. The number of nitrogens with zero attached hydrogens (tertiary/aromatic N) is 2. The van der Waals surface area contributed by atoms with E-state index >= 15 is 0 Å². The molecule has 30 heavy (non-hydrogen) atoms. The first-order chi connectivity index (χ1) is 14.2. The summed E-state index contributed by atoms with van der Waals surface area (Å²) in [6, 6.07) is 15.9. The number of hydrogen-bond acceptors (Lipinski definition) is 5. The molecule has 1 N–H and O–H groups in total. The monoisotopic (exact) mass is 429 g/mol. The lowest BCUT2D eigenvalue weighted by Gasteiger charge is -2.36. The fourth-order valence-electron chi connectivity index (χ4n) is 3.04. The molecule has 1 heterocycles. The molecule has 0 aromatic heterocycles. The van der Waals surface area contributed by atoms with Crippen molar-refractivity contribution in [3.63, 3.8) is 0 Å². The molecular weight excluding hydrogens is 402 g/mol. The second-order valence-electron chi connectivity index (χ2n) is 8.01. The van der Waals surface area contributed by atoms with E-state index in [0.717, 1.165) is 5.69 Å². The maximum atomic E-state index is 12.4. The molecule has 1 fully saturated rings. The Bertz CT molecular complexity index is 902. The number of benzene rings is 2. The fourth-order valence-corrected chi connectivity index (χ4v) is 3.85. The lowest BCUT2D eigenvalue weighted by molar-refractivity contribution is 0.0240. The van der Waals surface area contributed by atoms with Gasteiger partial charge in [-0.1, -0.05) is 18.2 Å². The Labute approximate surface area is 179 Å². The zero-order valence-corrected chi connectivity index (χ0v) is 18.3. The van der Waals surface area contributed by atoms with Crippen molar-refractivity contribution >= 4 is 28.7 Å². The molecule has 8 heteroatoms. The summed E-state index contributed by atoms with van der Waals surface area (Å²) in [5, 5.41) is 0. The Morgan fingerprint density at radius 2 is 1.53 bits per heavy atom. The van der Waals surface area contributed by atoms with E-state index in [-0.39, 0.29) is 6.09 Å². The highest BCUT2D eigenvalue weighted by Gasteiger charge is 2.26. The van der Waals surface area contributed by atoms with Crippen LogP contribution < -0.4 is 9.62 Å². The molecule has 1 atom stereocenters. The van der Waals surface area contributed by atoms with Crippen molar-refractivity contribution in [2.75, 3.05) is 31.1 Å². The SMILES string of the molecule is CC(C)(C)OC(=O)N1CCN(c2ccc(C(=O)NS(=O)c3ccccc3)cc2)CC1. The molecular formula is C22H27N3O4S. The number of nitrogens with one attached hydrogen (secondary N) is 1. The quantitative estimate of drug-likeness (QED) is 0.808. The third-order valence-electron chi connectivity index (χ3n) is 4.57. The molecule has 1 aliphatic heterocycles. The number of amides is 2. The highest BCUT2D eigenvalue weighted by atomic mass is 32.2. The largest absolute Gasteiger partial charge is 0.444 e. The van der Waals surface area contributed by atoms with Gasteiger partial charge in [-0.2, -0.15) is 0 Å². The summed E-state index contributed by atoms with van der Waals surface area (Å²) < 4.78 is 20.2. The molecule has 1 unspecified atom stereocenters. The molecule has 3 rings (SSSR count). The summed E-state index contributed by atoms with van der Waals surface area (Å²) >= 11 is 0. The maximum Gasteiger partial charge on any atom is 0.410 e. The van der Waals surface area contributed by atoms with Crippen LogP contribution in [0.15, 0.2) is 59.5 Å². The Kier molecular flexibility index (Phi) is 6.77. The van der Waals surface area contributed by atoms with E-state index in [0.29, 0.717) is 36.6 Å². The van der Waals surface area contributed by atoms with Crippen LogP contribution in [0.4, 0.5) is 10.5 Å². The van der Waals surface area contributed by atoms with E-state index in [1.807, 2.05) is 39.0 Å². The minimum atomic E-state index is -1.60. The summed E-state index contributed by atoms with van der Waals surface area (Å²) in [5.74, 6) is -0.390. The molecule has 7 nitrogen and oxygen atoms in total. The summed E-state index contributed by atoms with van der Waals surface area (Å²) in [6.45, 7) is 8.09. The van der Waals surface area contributed by atoms with Gasteiger partial charge in [-0.25, -0.2) is 9.00 Å². The second-order valence-corrected chi connectivity index (χ2v) is 9.23. The molecule has 0 spiro atoms. The van der Waals surface area contributed by atoms with Crippen LogP contribution >= 0.6 is 0 Å². The van der Waals surface area contributed by atoms with Crippen molar-refractivity contribution in [1.82, 2.24) is 9.62 Å². The number of rotatable bonds is 4. The van der Waals surface area contributed by atoms with Crippen LogP contribution in [0.1, 0.15) is 31.1 Å². The average Bonchev–Trinajstić information content (AvgIpc) is 2.73. The van der Waals surface area contributed by atoms with E-state index in [2.05, 4.69) is 9.62 Å². The molecule has 2 amide bonds. The zero-order valence-electron chi connectivity index (χ0n) is 17.5. The van der Waals surface area contributed by atoms with Crippen LogP contribution in [0.25, 0.3) is 0 Å². The van der Waals surface area contributed by atoms with E-state index < -0.39 is 22.5 Å². The van der Waals surface area contributed by atoms with Crippen molar-refractivity contribution in [3.8, 4) is 0 Å². The van der Waals surface area contributed by atoms with Gasteiger partial charge in [0.05, 0.1) is 4.90 Å². The van der Waals surface area contributed by atoms with Gasteiger partial charge < -0.3 is 14.5 Å². The van der Waals surface area contributed by atoms with Crippen LogP contribution in [0.5, 0.6) is 0 Å². The average molecular weight is 430 g/mol. The van der Waals surface area contributed by atoms with Gasteiger partial charge in [0.1, 0.15) is 5.60 Å². The first kappa shape index (κ1) is 21.8. The van der Waals surface area contributed by atoms with Gasteiger partial charge in [0.2, 0.25) is 0 Å². The van der Waals surface area contributed by atoms with Gasteiger partial charge in [-0.3, -0.25) is 9.52 Å². The Morgan fingerprint density at radius 3 is 2.10 bits per heavy atom. The number of carbonyl (C=O) groups excluding carboxylic acids is 2. The van der Waals surface area contributed by atoms with E-state index in [9.17, 15) is 13.8 Å². The highest BCUT2D eigenvalue weighted by Crippen LogP contribution is 2.19. The van der Waals surface area contributed by atoms with Gasteiger partial charge in [-0.15, -0.1) is 0 Å². The summed E-state index contributed by atoms with van der Waals surface area (Å²) in [4.78, 5) is 29.0. The number of piperazine rings is 1. The summed E-state index contributed by atoms with van der Waals surface area (Å²) in [5.41, 5.74) is 0.907.